The van der Waals surface area contributed by atoms with E-state index in [1.165, 1.54) is 47.4 Å². The number of nitrogens with one attached hydrogen (secondary N) is 2. The van der Waals surface area contributed by atoms with Gasteiger partial charge in [0.2, 0.25) is 11.8 Å². The average molecular weight is 537 g/mol. The summed E-state index contributed by atoms with van der Waals surface area (Å²) in [5.41, 5.74) is 0.281. The highest BCUT2D eigenvalue weighted by atomic mass is 19.4. The Kier molecular flexibility index (Phi) is 6.81. The predicted molar refractivity (Wildman–Crippen MR) is 132 cm³/mol. The van der Waals surface area contributed by atoms with Crippen LogP contribution in [0, 0.1) is 0 Å². The monoisotopic (exact) mass is 537 g/mol. The fourth-order valence-corrected chi connectivity index (χ4v) is 4.69. The van der Waals surface area contributed by atoms with Crippen LogP contribution in [-0.2, 0) is 16.1 Å². The first-order chi connectivity index (χ1) is 18.6. The Morgan fingerprint density at radius 3 is 2.44 bits per heavy atom. The first kappa shape index (κ1) is 26.0. The van der Waals surface area contributed by atoms with E-state index in [2.05, 4.69) is 10.6 Å². The molecule has 0 radical (unpaired) electrons. The number of hydrogen-bond donors (Lipinski definition) is 2. The smallest absolute Gasteiger partial charge is 0.413 e. The molecule has 2 aliphatic heterocycles. The van der Waals surface area contributed by atoms with E-state index in [0.717, 1.165) is 0 Å². The molecule has 0 aliphatic carbocycles. The quantitative estimate of drug-likeness (QED) is 0.457. The molecule has 2 heterocycles. The number of ether oxygens (including phenoxy) is 1. The summed E-state index contributed by atoms with van der Waals surface area (Å²) in [6.07, 6.45) is -4.60. The van der Waals surface area contributed by atoms with Crippen molar-refractivity contribution in [2.75, 3.05) is 0 Å². The molecule has 0 aromatic heterocycles. The van der Waals surface area contributed by atoms with Gasteiger partial charge in [0.25, 0.3) is 11.8 Å². The maximum Gasteiger partial charge on any atom is 0.413 e. The summed E-state index contributed by atoms with van der Waals surface area (Å²) in [7, 11) is 0. The highest BCUT2D eigenvalue weighted by molar-refractivity contribution is 6.06. The van der Waals surface area contributed by atoms with Gasteiger partial charge in [-0.3, -0.25) is 24.5 Å². The number of benzene rings is 3. The number of fused-ring (bicyclic) bond motifs is 1. The zero-order valence-electron chi connectivity index (χ0n) is 20.3. The van der Waals surface area contributed by atoms with Crippen molar-refractivity contribution in [3.05, 3.63) is 95.1 Å². The molecule has 3 aromatic rings. The third-order valence-electron chi connectivity index (χ3n) is 6.59. The van der Waals surface area contributed by atoms with Crippen LogP contribution in [0.2, 0.25) is 0 Å². The van der Waals surface area contributed by atoms with Crippen LogP contribution in [0.3, 0.4) is 0 Å². The summed E-state index contributed by atoms with van der Waals surface area (Å²) in [5.74, 6) is -2.19. The zero-order chi connectivity index (χ0) is 27.7. The van der Waals surface area contributed by atoms with Crippen LogP contribution in [-0.4, -0.2) is 40.7 Å². The molecule has 1 fully saturated rings. The minimum atomic E-state index is -4.85. The number of hydrogen-bond acceptors (Lipinski definition) is 5. The van der Waals surface area contributed by atoms with Gasteiger partial charge in [-0.1, -0.05) is 36.4 Å². The second-order valence-corrected chi connectivity index (χ2v) is 9.17. The third-order valence-corrected chi connectivity index (χ3v) is 6.59. The van der Waals surface area contributed by atoms with Crippen molar-refractivity contribution in [2.45, 2.75) is 37.6 Å². The largest absolute Gasteiger partial charge is 0.457 e. The van der Waals surface area contributed by atoms with E-state index in [1.54, 1.807) is 30.3 Å². The number of nitrogens with zero attached hydrogens (tertiary/aromatic N) is 1. The molecular formula is C28H22F3N3O5. The van der Waals surface area contributed by atoms with Gasteiger partial charge in [-0.15, -0.1) is 0 Å². The van der Waals surface area contributed by atoms with Crippen LogP contribution in [0.15, 0.2) is 72.8 Å². The molecule has 39 heavy (non-hydrogen) atoms. The average Bonchev–Trinajstić information content (AvgIpc) is 3.23. The van der Waals surface area contributed by atoms with Gasteiger partial charge in [0.15, 0.2) is 6.04 Å². The molecule has 4 amide bonds. The SMILES string of the molecule is O=C1CCC(N2Cc3cc(C(=O)NC(c4ccccc4Oc4ccccc4)C(F)(F)F)ccc3C2=O)C(=O)N1. The Morgan fingerprint density at radius 1 is 1.00 bits per heavy atom. The van der Waals surface area contributed by atoms with Crippen molar-refractivity contribution >= 4 is 23.6 Å². The van der Waals surface area contributed by atoms with Crippen LogP contribution in [0.25, 0.3) is 0 Å². The Morgan fingerprint density at radius 2 is 1.72 bits per heavy atom. The van der Waals surface area contributed by atoms with Crippen LogP contribution in [0.1, 0.15) is 50.7 Å². The van der Waals surface area contributed by atoms with E-state index in [4.69, 9.17) is 4.74 Å². The second kappa shape index (κ2) is 10.2. The number of alkyl halides is 3. The van der Waals surface area contributed by atoms with Crippen molar-refractivity contribution in [1.82, 2.24) is 15.5 Å². The molecule has 2 aliphatic rings. The van der Waals surface area contributed by atoms with Gasteiger partial charge in [-0.25, -0.2) is 0 Å². The van der Waals surface area contributed by atoms with Gasteiger partial charge in [-0.2, -0.15) is 13.2 Å². The molecule has 200 valence electrons. The first-order valence-corrected chi connectivity index (χ1v) is 12.1. The van der Waals surface area contributed by atoms with Crippen molar-refractivity contribution in [3.8, 4) is 11.5 Å². The number of imide groups is 1. The van der Waals surface area contributed by atoms with E-state index >= 15 is 0 Å². The van der Waals surface area contributed by atoms with Gasteiger partial charge in [0.05, 0.1) is 0 Å². The van der Waals surface area contributed by atoms with Crippen molar-refractivity contribution in [2.24, 2.45) is 0 Å². The van der Waals surface area contributed by atoms with Crippen LogP contribution < -0.4 is 15.4 Å². The van der Waals surface area contributed by atoms with Crippen LogP contribution in [0.5, 0.6) is 11.5 Å². The fourth-order valence-electron chi connectivity index (χ4n) is 4.69. The fraction of sp³-hybridized carbons (Fsp3) is 0.214. The number of halogens is 3. The Balaban J connectivity index is 1.38. The Labute approximate surface area is 220 Å². The molecule has 11 heteroatoms. The molecule has 5 rings (SSSR count). The van der Waals surface area contributed by atoms with E-state index in [1.807, 2.05) is 0 Å². The van der Waals surface area contributed by atoms with Gasteiger partial charge >= 0.3 is 6.18 Å². The summed E-state index contributed by atoms with van der Waals surface area (Å²) in [6.45, 7) is -0.0159. The van der Waals surface area contributed by atoms with Gasteiger partial charge < -0.3 is 15.0 Å². The summed E-state index contributed by atoms with van der Waals surface area (Å²) >= 11 is 0. The van der Waals surface area contributed by atoms with Crippen LogP contribution in [0.4, 0.5) is 13.2 Å². The van der Waals surface area contributed by atoms with E-state index in [9.17, 15) is 32.3 Å². The number of piperidine rings is 1. The number of carbonyl (C=O) groups is 4. The third kappa shape index (κ3) is 5.33. The maximum atomic E-state index is 14.2. The number of amides is 4. The van der Waals surface area contributed by atoms with Gasteiger partial charge in [0, 0.05) is 29.7 Å². The van der Waals surface area contributed by atoms with Gasteiger partial charge in [0.1, 0.15) is 17.5 Å². The van der Waals surface area contributed by atoms with Gasteiger partial charge in [-0.05, 0) is 48.4 Å². The van der Waals surface area contributed by atoms with Crippen molar-refractivity contribution < 1.29 is 37.1 Å². The molecule has 0 spiro atoms. The predicted octanol–water partition coefficient (Wildman–Crippen LogP) is 4.27. The number of para-hydroxylation sites is 2. The zero-order valence-corrected chi connectivity index (χ0v) is 20.3. The lowest BCUT2D eigenvalue weighted by Gasteiger charge is -2.29. The number of carbonyl (C=O) groups excluding carboxylic acids is 4. The molecule has 0 bridgehead atoms. The lowest BCUT2D eigenvalue weighted by molar-refractivity contribution is -0.155. The van der Waals surface area contributed by atoms with E-state index in [0.29, 0.717) is 11.3 Å². The molecular weight excluding hydrogens is 515 g/mol. The van der Waals surface area contributed by atoms with Crippen molar-refractivity contribution in [3.63, 3.8) is 0 Å². The highest BCUT2D eigenvalue weighted by Gasteiger charge is 2.44. The minimum absolute atomic E-state index is 0.0159. The lowest BCUT2D eigenvalue weighted by atomic mass is 10.0. The van der Waals surface area contributed by atoms with E-state index < -0.39 is 41.9 Å². The second-order valence-electron chi connectivity index (χ2n) is 9.17. The molecule has 2 N–H and O–H groups in total. The maximum absolute atomic E-state index is 14.2. The Bertz CT molecular complexity index is 1460. The number of rotatable bonds is 6. The molecule has 3 aromatic carbocycles. The van der Waals surface area contributed by atoms with Crippen LogP contribution >= 0.6 is 0 Å². The van der Waals surface area contributed by atoms with E-state index in [-0.39, 0.29) is 41.8 Å². The standard InChI is InChI=1S/C28H22F3N3O5/c29-28(30,31)24(20-8-4-5-9-22(20)39-18-6-2-1-3-7-18)33-25(36)16-10-11-19-17(14-16)15-34(27(19)38)21-12-13-23(35)32-26(21)37/h1-11,14,21,24H,12-13,15H2,(H,33,36)(H,32,35,37). The summed E-state index contributed by atoms with van der Waals surface area (Å²) in [6, 6.07) is 14.6. The molecule has 0 saturated carbocycles. The summed E-state index contributed by atoms with van der Waals surface area (Å²) < 4.78 is 48.3. The lowest BCUT2D eigenvalue weighted by Crippen LogP contribution is -2.52. The summed E-state index contributed by atoms with van der Waals surface area (Å²) in [4.78, 5) is 50.9. The Hall–Kier alpha value is -4.67. The molecule has 2 unspecified atom stereocenters. The summed E-state index contributed by atoms with van der Waals surface area (Å²) in [5, 5.41) is 4.26. The topological polar surface area (TPSA) is 105 Å². The molecule has 1 saturated heterocycles. The first-order valence-electron chi connectivity index (χ1n) is 12.1. The van der Waals surface area contributed by atoms with Crippen molar-refractivity contribution in [1.29, 1.82) is 0 Å². The minimum Gasteiger partial charge on any atom is -0.457 e. The molecule has 8 nitrogen and oxygen atoms in total. The normalized spacial score (nSPS) is 17.9. The molecule has 2 atom stereocenters. The highest BCUT2D eigenvalue weighted by Crippen LogP contribution is 2.39.